The molecule has 3 heterocycles. The molecule has 0 fully saturated rings. The molecule has 0 unspecified atom stereocenters. The number of fused-ring (bicyclic) bond motifs is 1. The van der Waals surface area contributed by atoms with Gasteiger partial charge in [0.15, 0.2) is 10.8 Å². The number of hydrazine groups is 1. The van der Waals surface area contributed by atoms with Crippen molar-refractivity contribution in [2.45, 2.75) is 23.7 Å². The van der Waals surface area contributed by atoms with E-state index in [2.05, 4.69) is 35.8 Å². The molecule has 10 nitrogen and oxygen atoms in total. The molecule has 0 atom stereocenters. The topological polar surface area (TPSA) is 143 Å². The Kier molecular flexibility index (Phi) is 3.12. The van der Waals surface area contributed by atoms with Crippen molar-refractivity contribution in [1.29, 1.82) is 0 Å². The number of rotatable bonds is 4. The third-order valence-corrected chi connectivity index (χ3v) is 3.63. The van der Waals surface area contributed by atoms with Crippen molar-refractivity contribution >= 4 is 28.7 Å². The highest BCUT2D eigenvalue weighted by Crippen LogP contribution is 2.29. The van der Waals surface area contributed by atoms with Gasteiger partial charge in [0.2, 0.25) is 5.95 Å². The van der Waals surface area contributed by atoms with E-state index in [1.54, 1.807) is 6.20 Å². The Bertz CT molecular complexity index is 803. The maximum Gasteiger partial charge on any atom is 0.343 e. The van der Waals surface area contributed by atoms with Crippen LogP contribution in [0.3, 0.4) is 0 Å². The van der Waals surface area contributed by atoms with Crippen LogP contribution in [0.5, 0.6) is 0 Å². The molecule has 0 aromatic carbocycles. The van der Waals surface area contributed by atoms with Crippen LogP contribution in [0.1, 0.15) is 6.92 Å². The average Bonchev–Trinajstić information content (AvgIpc) is 3.05. The van der Waals surface area contributed by atoms with Gasteiger partial charge in [0.05, 0.1) is 11.6 Å². The van der Waals surface area contributed by atoms with Crippen LogP contribution in [0.2, 0.25) is 0 Å². The Hall–Kier alpha value is -2.40. The number of anilines is 1. The van der Waals surface area contributed by atoms with Gasteiger partial charge in [-0.15, -0.1) is 5.10 Å². The number of nitrogen functional groups attached to an aromatic ring is 1. The first-order valence-corrected chi connectivity index (χ1v) is 6.55. The Morgan fingerprint density at radius 2 is 2.30 bits per heavy atom. The minimum absolute atomic E-state index is 0.255. The van der Waals surface area contributed by atoms with Crippen LogP contribution in [0.15, 0.2) is 21.2 Å². The van der Waals surface area contributed by atoms with E-state index in [4.69, 9.17) is 5.84 Å². The zero-order valence-electron chi connectivity index (χ0n) is 10.4. The van der Waals surface area contributed by atoms with Gasteiger partial charge in [0.1, 0.15) is 5.03 Å². The molecule has 0 bridgehead atoms. The van der Waals surface area contributed by atoms with Crippen molar-refractivity contribution in [2.75, 3.05) is 5.43 Å². The molecule has 3 aromatic heterocycles. The van der Waals surface area contributed by atoms with Crippen molar-refractivity contribution in [2.24, 2.45) is 5.84 Å². The molecule has 0 saturated carbocycles. The van der Waals surface area contributed by atoms with Crippen molar-refractivity contribution in [3.63, 3.8) is 0 Å². The van der Waals surface area contributed by atoms with Gasteiger partial charge in [-0.3, -0.25) is 15.1 Å². The maximum absolute atomic E-state index is 11.5. The molecular formula is C9H11N9OS. The molecule has 3 rings (SSSR count). The number of nitrogens with two attached hydrogens (primary N) is 1. The second-order valence-electron chi connectivity index (χ2n) is 3.79. The molecule has 5 N–H and O–H groups in total. The summed E-state index contributed by atoms with van der Waals surface area (Å²) in [4.78, 5) is 19.9. The van der Waals surface area contributed by atoms with Gasteiger partial charge in [-0.05, 0) is 18.7 Å². The fourth-order valence-electron chi connectivity index (χ4n) is 1.70. The zero-order chi connectivity index (χ0) is 14.1. The molecular weight excluding hydrogens is 282 g/mol. The van der Waals surface area contributed by atoms with Gasteiger partial charge < -0.3 is 0 Å². The first kappa shape index (κ1) is 12.6. The quantitative estimate of drug-likeness (QED) is 0.291. The van der Waals surface area contributed by atoms with Gasteiger partial charge in [-0.1, -0.05) is 0 Å². The van der Waals surface area contributed by atoms with Crippen molar-refractivity contribution in [3.05, 3.63) is 16.7 Å². The van der Waals surface area contributed by atoms with Crippen LogP contribution < -0.4 is 17.0 Å². The molecule has 3 aromatic rings. The molecule has 11 heteroatoms. The fourth-order valence-corrected chi connectivity index (χ4v) is 2.68. The normalized spacial score (nSPS) is 11.1. The Morgan fingerprint density at radius 3 is 3.05 bits per heavy atom. The first-order chi connectivity index (χ1) is 9.72. The number of nitrogens with one attached hydrogen (secondary N) is 3. The fraction of sp³-hybridized carbons (Fsp3) is 0.222. The lowest BCUT2D eigenvalue weighted by Crippen LogP contribution is -2.16. The minimum atomic E-state index is -0.260. The lowest BCUT2D eigenvalue weighted by Gasteiger charge is -2.04. The zero-order valence-corrected chi connectivity index (χ0v) is 11.2. The third-order valence-electron chi connectivity index (χ3n) is 2.63. The largest absolute Gasteiger partial charge is 0.343 e. The number of aromatic amines is 2. The van der Waals surface area contributed by atoms with Gasteiger partial charge in [-0.2, -0.15) is 10.1 Å². The highest BCUT2D eigenvalue weighted by atomic mass is 32.2. The Labute approximate surface area is 116 Å². The van der Waals surface area contributed by atoms with E-state index in [0.29, 0.717) is 22.4 Å². The summed E-state index contributed by atoms with van der Waals surface area (Å²) >= 11 is 1.24. The lowest BCUT2D eigenvalue weighted by molar-refractivity contribution is 0.660. The van der Waals surface area contributed by atoms with Gasteiger partial charge in [-0.25, -0.2) is 20.7 Å². The summed E-state index contributed by atoms with van der Waals surface area (Å²) in [6, 6.07) is 0. The first-order valence-electron chi connectivity index (χ1n) is 5.73. The van der Waals surface area contributed by atoms with E-state index in [9.17, 15) is 4.79 Å². The van der Waals surface area contributed by atoms with Gasteiger partial charge >= 0.3 is 5.69 Å². The number of H-pyrrole nitrogens is 2. The summed E-state index contributed by atoms with van der Waals surface area (Å²) in [6.07, 6.45) is 1.61. The van der Waals surface area contributed by atoms with E-state index in [0.717, 1.165) is 5.39 Å². The lowest BCUT2D eigenvalue weighted by atomic mass is 10.4. The molecule has 0 aliphatic carbocycles. The smallest absolute Gasteiger partial charge is 0.292 e. The van der Waals surface area contributed by atoms with Gasteiger partial charge in [0, 0.05) is 6.54 Å². The molecule has 0 amide bonds. The molecule has 0 saturated heterocycles. The summed E-state index contributed by atoms with van der Waals surface area (Å²) in [5.74, 6) is 5.59. The molecule has 20 heavy (non-hydrogen) atoms. The average molecular weight is 293 g/mol. The highest BCUT2D eigenvalue weighted by Gasteiger charge is 2.14. The SMILES string of the molecule is CCn1c(Sc2nc(NN)nc3[nH]ncc23)n[nH]c1=O. The van der Waals surface area contributed by atoms with E-state index < -0.39 is 0 Å². The second kappa shape index (κ2) is 4.94. The van der Waals surface area contributed by atoms with E-state index in [-0.39, 0.29) is 11.6 Å². The maximum atomic E-state index is 11.5. The minimum Gasteiger partial charge on any atom is -0.292 e. The standard InChI is InChI=1S/C9H11N9OS/c1-2-18-8(19)16-17-9(18)20-6-4-3-11-15-5(4)12-7(13-6)14-10/h3H,2,10H2,1H3,(H,16,19)(H2,11,12,13,14,15). The highest BCUT2D eigenvalue weighted by molar-refractivity contribution is 7.99. The van der Waals surface area contributed by atoms with Crippen LogP contribution in [0.4, 0.5) is 5.95 Å². The van der Waals surface area contributed by atoms with Gasteiger partial charge in [0.25, 0.3) is 0 Å². The molecule has 0 aliphatic rings. The number of hydrogen-bond donors (Lipinski definition) is 4. The summed E-state index contributed by atoms with van der Waals surface area (Å²) in [5.41, 5.74) is 2.68. The Balaban J connectivity index is 2.09. The summed E-state index contributed by atoms with van der Waals surface area (Å²) in [6.45, 7) is 2.38. The van der Waals surface area contributed by atoms with Crippen molar-refractivity contribution < 1.29 is 0 Å². The number of hydrogen-bond acceptors (Lipinski definition) is 8. The second-order valence-corrected chi connectivity index (χ2v) is 4.74. The Morgan fingerprint density at radius 1 is 1.45 bits per heavy atom. The summed E-state index contributed by atoms with van der Waals surface area (Å²) in [5, 5.41) is 14.9. The van der Waals surface area contributed by atoms with E-state index >= 15 is 0 Å². The van der Waals surface area contributed by atoms with Crippen LogP contribution in [-0.2, 0) is 6.54 Å². The molecule has 104 valence electrons. The summed E-state index contributed by atoms with van der Waals surface area (Å²) < 4.78 is 1.51. The number of nitrogens with zero attached hydrogens (tertiary/aromatic N) is 5. The van der Waals surface area contributed by atoms with Crippen LogP contribution >= 0.6 is 11.8 Å². The number of aromatic nitrogens is 7. The van der Waals surface area contributed by atoms with Crippen molar-refractivity contribution in [1.82, 2.24) is 34.9 Å². The molecule has 0 spiro atoms. The van der Waals surface area contributed by atoms with Crippen LogP contribution in [-0.4, -0.2) is 34.9 Å². The van der Waals surface area contributed by atoms with Crippen molar-refractivity contribution in [3.8, 4) is 0 Å². The predicted molar refractivity (Wildman–Crippen MR) is 72.1 cm³/mol. The van der Waals surface area contributed by atoms with Crippen LogP contribution in [0, 0.1) is 0 Å². The predicted octanol–water partition coefficient (Wildman–Crippen LogP) is -0.306. The summed E-state index contributed by atoms with van der Waals surface area (Å²) in [7, 11) is 0. The molecule has 0 radical (unpaired) electrons. The van der Waals surface area contributed by atoms with E-state index in [1.807, 2.05) is 6.92 Å². The third kappa shape index (κ3) is 2.02. The monoisotopic (exact) mass is 293 g/mol. The van der Waals surface area contributed by atoms with E-state index in [1.165, 1.54) is 16.3 Å². The van der Waals surface area contributed by atoms with Crippen LogP contribution in [0.25, 0.3) is 11.0 Å². The molecule has 0 aliphatic heterocycles.